The van der Waals surface area contributed by atoms with Crippen LogP contribution in [0.25, 0.3) is 0 Å². The van der Waals surface area contributed by atoms with Gasteiger partial charge >= 0.3 is 15.2 Å². The molecule has 0 aromatic heterocycles. The van der Waals surface area contributed by atoms with Gasteiger partial charge in [-0.2, -0.15) is 0 Å². The van der Waals surface area contributed by atoms with Gasteiger partial charge in [0.25, 0.3) is 0 Å². The van der Waals surface area contributed by atoms with E-state index in [0.717, 1.165) is 0 Å². The highest BCUT2D eigenvalue weighted by Gasteiger charge is 2.47. The van der Waals surface area contributed by atoms with Gasteiger partial charge < -0.3 is 9.05 Å². The summed E-state index contributed by atoms with van der Waals surface area (Å²) in [6, 6.07) is 0. The molecule has 0 spiro atoms. The van der Waals surface area contributed by atoms with E-state index in [1.165, 1.54) is 0 Å². The van der Waals surface area contributed by atoms with Gasteiger partial charge in [0.1, 0.15) is 0 Å². The number of hydrogen-bond acceptors (Lipinski definition) is 5. The van der Waals surface area contributed by atoms with Crippen molar-refractivity contribution in [3.8, 4) is 0 Å². The molecule has 0 atom stereocenters. The van der Waals surface area contributed by atoms with E-state index >= 15 is 0 Å². The molecule has 0 bridgehead atoms. The molecule has 112 valence electrons. The van der Waals surface area contributed by atoms with Gasteiger partial charge in [-0.25, -0.2) is 9.05 Å². The molecular formula is C11H26BO5P2+. The minimum absolute atomic E-state index is 0.0297. The van der Waals surface area contributed by atoms with Crippen molar-refractivity contribution < 1.29 is 22.7 Å². The monoisotopic (exact) mass is 311 g/mol. The average Bonchev–Trinajstić information content (AvgIpc) is 2.12. The van der Waals surface area contributed by atoms with Crippen LogP contribution in [0.5, 0.6) is 0 Å². The third-order valence-electron chi connectivity index (χ3n) is 1.81. The Hall–Kier alpha value is 0.565. The third kappa shape index (κ3) is 8.44. The Kier molecular flexibility index (Phi) is 9.02. The third-order valence-corrected chi connectivity index (χ3v) is 7.65. The summed E-state index contributed by atoms with van der Waals surface area (Å²) in [5, 5.41) is 0. The Morgan fingerprint density at radius 1 is 1.00 bits per heavy atom. The second-order valence-electron chi connectivity index (χ2n) is 4.62. The van der Waals surface area contributed by atoms with Crippen LogP contribution in [-0.2, 0) is 22.7 Å². The van der Waals surface area contributed by atoms with E-state index in [0.29, 0.717) is 13.2 Å². The van der Waals surface area contributed by atoms with Crippen LogP contribution in [0.15, 0.2) is 0 Å². The van der Waals surface area contributed by atoms with Gasteiger partial charge in [0.05, 0.1) is 25.4 Å². The fraction of sp³-hybridized carbons (Fsp3) is 1.00. The van der Waals surface area contributed by atoms with Crippen molar-refractivity contribution in [3.05, 3.63) is 0 Å². The molecule has 0 saturated heterocycles. The first-order valence-corrected chi connectivity index (χ1v) is 10.2. The lowest BCUT2D eigenvalue weighted by molar-refractivity contribution is 0.144. The maximum absolute atomic E-state index is 12.7. The van der Waals surface area contributed by atoms with E-state index in [1.54, 1.807) is 27.7 Å². The molecule has 0 heterocycles. The average molecular weight is 311 g/mol. The van der Waals surface area contributed by atoms with Crippen molar-refractivity contribution in [2.24, 2.45) is 0 Å². The van der Waals surface area contributed by atoms with Gasteiger partial charge in [-0.05, 0) is 41.5 Å². The van der Waals surface area contributed by atoms with Crippen molar-refractivity contribution >= 4 is 22.8 Å². The van der Waals surface area contributed by atoms with Crippen LogP contribution < -0.4 is 0 Å². The van der Waals surface area contributed by atoms with E-state index < -0.39 is 15.2 Å². The molecule has 0 N–H and O–H groups in total. The van der Waals surface area contributed by atoms with E-state index in [-0.39, 0.29) is 18.1 Å². The minimum Gasteiger partial charge on any atom is -0.303 e. The summed E-state index contributed by atoms with van der Waals surface area (Å²) in [5.41, 5.74) is 0. The molecule has 0 fully saturated rings. The van der Waals surface area contributed by atoms with E-state index in [4.69, 9.17) is 25.7 Å². The maximum atomic E-state index is 12.7. The Morgan fingerprint density at radius 3 is 1.63 bits per heavy atom. The second kappa shape index (κ2) is 8.76. The van der Waals surface area contributed by atoms with Crippen LogP contribution >= 0.6 is 15.2 Å². The summed E-state index contributed by atoms with van der Waals surface area (Å²) in [4.78, 5) is 0. The fourth-order valence-electron chi connectivity index (χ4n) is 1.53. The summed E-state index contributed by atoms with van der Waals surface area (Å²) < 4.78 is 34.6. The molecule has 8 heteroatoms. The molecule has 0 rings (SSSR count). The normalized spacial score (nSPS) is 13.5. The molecule has 0 aromatic carbocycles. The molecule has 0 aliphatic heterocycles. The van der Waals surface area contributed by atoms with Crippen LogP contribution in [0, 0.1) is 0 Å². The van der Waals surface area contributed by atoms with Crippen molar-refractivity contribution in [1.29, 1.82) is 0 Å². The Balaban J connectivity index is 4.99. The molecule has 0 aliphatic rings. The molecule has 0 aromatic rings. The van der Waals surface area contributed by atoms with Crippen LogP contribution in [0.3, 0.4) is 0 Å². The first kappa shape index (κ1) is 19.6. The zero-order valence-corrected chi connectivity index (χ0v) is 14.6. The Morgan fingerprint density at radius 2 is 1.37 bits per heavy atom. The SMILES string of the molecule is [B][P+](CP(=O)(OC(C)C)OC(C)C)(OCC)OCC. The Bertz CT molecular complexity index is 279. The first-order chi connectivity index (χ1) is 8.66. The molecule has 0 unspecified atom stereocenters. The van der Waals surface area contributed by atoms with Crippen molar-refractivity contribution in [1.82, 2.24) is 0 Å². The zero-order valence-electron chi connectivity index (χ0n) is 12.8. The summed E-state index contributed by atoms with van der Waals surface area (Å²) in [5.74, 6) is -0.0297. The molecule has 19 heavy (non-hydrogen) atoms. The number of rotatable bonds is 10. The second-order valence-corrected chi connectivity index (χ2v) is 9.37. The molecule has 0 saturated carbocycles. The van der Waals surface area contributed by atoms with Crippen molar-refractivity contribution in [3.63, 3.8) is 0 Å². The predicted octanol–water partition coefficient (Wildman–Crippen LogP) is 3.99. The number of hydrogen-bond donors (Lipinski definition) is 0. The summed E-state index contributed by atoms with van der Waals surface area (Å²) in [6.45, 7) is 11.6. The largest absolute Gasteiger partial charge is 0.444 e. The summed E-state index contributed by atoms with van der Waals surface area (Å²) in [6.07, 6.45) is -0.442. The maximum Gasteiger partial charge on any atom is 0.444 e. The minimum atomic E-state index is -3.34. The van der Waals surface area contributed by atoms with Crippen molar-refractivity contribution in [2.75, 3.05) is 19.1 Å². The van der Waals surface area contributed by atoms with Gasteiger partial charge in [0.2, 0.25) is 7.59 Å². The highest BCUT2D eigenvalue weighted by Crippen LogP contribution is 2.69. The fourth-order valence-corrected chi connectivity index (χ4v) is 6.93. The van der Waals surface area contributed by atoms with Gasteiger partial charge in [-0.1, -0.05) is 0 Å². The van der Waals surface area contributed by atoms with Gasteiger partial charge in [0, 0.05) is 0 Å². The molecule has 0 aliphatic carbocycles. The first-order valence-electron chi connectivity index (χ1n) is 6.58. The molecular weight excluding hydrogens is 285 g/mol. The van der Waals surface area contributed by atoms with Crippen LogP contribution in [-0.4, -0.2) is 38.9 Å². The van der Waals surface area contributed by atoms with E-state index in [2.05, 4.69) is 0 Å². The van der Waals surface area contributed by atoms with Gasteiger partial charge in [0.15, 0.2) is 5.90 Å². The zero-order chi connectivity index (χ0) is 15.1. The van der Waals surface area contributed by atoms with Crippen LogP contribution in [0.2, 0.25) is 0 Å². The standard InChI is InChI=1S/C11H26BO5P2/c1-7-14-18(12,15-8-2)9-19(13,16-10(3)4)17-11(5)6/h10-11H,7-9H2,1-6H3/q+1. The summed E-state index contributed by atoms with van der Waals surface area (Å²) in [7, 11) is 0.0365. The lowest BCUT2D eigenvalue weighted by Gasteiger charge is -2.27. The quantitative estimate of drug-likeness (QED) is 0.451. The summed E-state index contributed by atoms with van der Waals surface area (Å²) >= 11 is 0. The molecule has 0 amide bonds. The molecule has 2 radical (unpaired) electrons. The molecule has 5 nitrogen and oxygen atoms in total. The Labute approximate surface area is 119 Å². The van der Waals surface area contributed by atoms with Gasteiger partial charge in [-0.15, -0.1) is 0 Å². The lowest BCUT2D eigenvalue weighted by atomic mass is 10.5. The van der Waals surface area contributed by atoms with Crippen LogP contribution in [0.4, 0.5) is 0 Å². The predicted molar refractivity (Wildman–Crippen MR) is 80.8 cm³/mol. The van der Waals surface area contributed by atoms with Crippen LogP contribution in [0.1, 0.15) is 41.5 Å². The topological polar surface area (TPSA) is 54.0 Å². The smallest absolute Gasteiger partial charge is 0.303 e. The van der Waals surface area contributed by atoms with E-state index in [9.17, 15) is 4.57 Å². The van der Waals surface area contributed by atoms with Gasteiger partial charge in [-0.3, -0.25) is 4.57 Å². The highest BCUT2D eigenvalue weighted by molar-refractivity contribution is 7.95. The van der Waals surface area contributed by atoms with Crippen molar-refractivity contribution in [2.45, 2.75) is 53.8 Å². The highest BCUT2D eigenvalue weighted by atomic mass is 31.3. The van der Waals surface area contributed by atoms with E-state index in [1.807, 2.05) is 13.8 Å². The lowest BCUT2D eigenvalue weighted by Crippen LogP contribution is -2.15.